The number of nitrogens with zero attached hydrogens (tertiary/aromatic N) is 1. The second kappa shape index (κ2) is 5.19. The van der Waals surface area contributed by atoms with E-state index >= 15 is 0 Å². The van der Waals surface area contributed by atoms with Crippen molar-refractivity contribution in [2.24, 2.45) is 0 Å². The van der Waals surface area contributed by atoms with Gasteiger partial charge in [0.25, 0.3) is 0 Å². The van der Waals surface area contributed by atoms with Crippen LogP contribution in [0.1, 0.15) is 19.8 Å². The smallest absolute Gasteiger partial charge is 0.329 e. The van der Waals surface area contributed by atoms with Crippen LogP contribution in [0.25, 0.3) is 0 Å². The Morgan fingerprint density at radius 3 is 2.69 bits per heavy atom. The average Bonchev–Trinajstić information content (AvgIpc) is 2.55. The Morgan fingerprint density at radius 2 is 2.15 bits per heavy atom. The quantitative estimate of drug-likeness (QED) is 0.683. The summed E-state index contributed by atoms with van der Waals surface area (Å²) in [7, 11) is 0. The number of carboxylic acid groups (broad SMARTS) is 1. The van der Waals surface area contributed by atoms with Gasteiger partial charge in [-0.3, -0.25) is 4.90 Å². The van der Waals surface area contributed by atoms with E-state index in [1.807, 2.05) is 0 Å². The van der Waals surface area contributed by atoms with Gasteiger partial charge in [-0.1, -0.05) is 0 Å². The molecule has 0 aliphatic carbocycles. The molecule has 0 aromatic carbocycles. The molecule has 0 saturated carbocycles. The summed E-state index contributed by atoms with van der Waals surface area (Å²) >= 11 is 0. The van der Waals surface area contributed by atoms with Crippen molar-refractivity contribution in [3.8, 4) is 0 Å². The highest BCUT2D eigenvalue weighted by molar-refractivity contribution is 5.67. The summed E-state index contributed by atoms with van der Waals surface area (Å²) in [5.74, 6) is -0.895. The van der Waals surface area contributed by atoms with E-state index in [4.69, 9.17) is 9.84 Å². The van der Waals surface area contributed by atoms with Crippen molar-refractivity contribution in [3.05, 3.63) is 0 Å². The second-order valence-corrected chi connectivity index (χ2v) is 3.50. The summed E-state index contributed by atoms with van der Waals surface area (Å²) in [6, 6.07) is 0.349. The molecule has 1 saturated heterocycles. The Morgan fingerprint density at radius 1 is 1.54 bits per heavy atom. The molecule has 4 heteroatoms. The van der Waals surface area contributed by atoms with Gasteiger partial charge in [-0.25, -0.2) is 4.79 Å². The molecule has 13 heavy (non-hydrogen) atoms. The molecular weight excluding hydrogens is 170 g/mol. The maximum Gasteiger partial charge on any atom is 0.329 e. The number of aliphatic carboxylic acids is 1. The summed E-state index contributed by atoms with van der Waals surface area (Å²) < 4.78 is 5.03. The summed E-state index contributed by atoms with van der Waals surface area (Å²) in [5.41, 5.74) is 0. The Labute approximate surface area is 78.5 Å². The van der Waals surface area contributed by atoms with Crippen molar-refractivity contribution in [1.82, 2.24) is 4.90 Å². The summed E-state index contributed by atoms with van der Waals surface area (Å²) in [6.45, 7) is 4.66. The molecular formula is C9H17NO3. The highest BCUT2D eigenvalue weighted by atomic mass is 16.5. The number of rotatable bonds is 5. The van der Waals surface area contributed by atoms with Gasteiger partial charge >= 0.3 is 5.97 Å². The van der Waals surface area contributed by atoms with Crippen LogP contribution in [0.5, 0.6) is 0 Å². The zero-order chi connectivity index (χ0) is 9.68. The maximum atomic E-state index is 10.2. The van der Waals surface area contributed by atoms with Gasteiger partial charge in [0.15, 0.2) is 0 Å². The van der Waals surface area contributed by atoms with Gasteiger partial charge in [0.05, 0.1) is 6.61 Å². The first-order valence-electron chi connectivity index (χ1n) is 4.73. The van der Waals surface area contributed by atoms with E-state index in [1.54, 1.807) is 0 Å². The number of hydrogen-bond acceptors (Lipinski definition) is 3. The van der Waals surface area contributed by atoms with Crippen molar-refractivity contribution in [2.45, 2.75) is 25.8 Å². The van der Waals surface area contributed by atoms with Crippen molar-refractivity contribution in [3.63, 3.8) is 0 Å². The molecule has 76 valence electrons. The molecule has 0 aromatic rings. The molecule has 1 aliphatic heterocycles. The monoisotopic (exact) mass is 187 g/mol. The van der Waals surface area contributed by atoms with E-state index < -0.39 is 5.97 Å². The largest absolute Gasteiger partial charge is 0.480 e. The molecule has 1 rings (SSSR count). The average molecular weight is 187 g/mol. The third-order valence-corrected chi connectivity index (χ3v) is 2.35. The predicted molar refractivity (Wildman–Crippen MR) is 48.7 cm³/mol. The molecule has 1 fully saturated rings. The lowest BCUT2D eigenvalue weighted by atomic mass is 10.3. The third-order valence-electron chi connectivity index (χ3n) is 2.35. The van der Waals surface area contributed by atoms with E-state index in [0.29, 0.717) is 12.6 Å². The van der Waals surface area contributed by atoms with Gasteiger partial charge in [-0.05, 0) is 32.9 Å². The van der Waals surface area contributed by atoms with Crippen LogP contribution in [-0.2, 0) is 9.53 Å². The number of likely N-dealkylation sites (tertiary alicyclic amines) is 1. The number of carbonyl (C=O) groups is 1. The Bertz CT molecular complexity index is 166. The van der Waals surface area contributed by atoms with Gasteiger partial charge < -0.3 is 9.84 Å². The zero-order valence-electron chi connectivity index (χ0n) is 8.03. The topological polar surface area (TPSA) is 49.8 Å². The Hall–Kier alpha value is -0.610. The lowest BCUT2D eigenvalue weighted by Crippen LogP contribution is -2.34. The fraction of sp³-hybridized carbons (Fsp3) is 0.889. The minimum absolute atomic E-state index is 0.182. The summed E-state index contributed by atoms with van der Waals surface area (Å²) in [4.78, 5) is 12.5. The van der Waals surface area contributed by atoms with Gasteiger partial charge in [-0.15, -0.1) is 0 Å². The highest BCUT2D eigenvalue weighted by Crippen LogP contribution is 2.11. The molecule has 1 aliphatic rings. The Kier molecular flexibility index (Phi) is 4.18. The van der Waals surface area contributed by atoms with Crippen LogP contribution in [0, 0.1) is 0 Å². The first kappa shape index (κ1) is 10.5. The van der Waals surface area contributed by atoms with Crippen LogP contribution in [0.15, 0.2) is 0 Å². The maximum absolute atomic E-state index is 10.2. The van der Waals surface area contributed by atoms with E-state index in [9.17, 15) is 4.79 Å². The minimum atomic E-state index is -0.895. The molecule has 1 atom stereocenters. The SMILES string of the molecule is CC(COCC(=O)O)N1CCCC1. The van der Waals surface area contributed by atoms with E-state index in [0.717, 1.165) is 13.1 Å². The molecule has 0 spiro atoms. The lowest BCUT2D eigenvalue weighted by molar-refractivity contribution is -0.142. The predicted octanol–water partition coefficient (Wildman–Crippen LogP) is 0.572. The van der Waals surface area contributed by atoms with Crippen LogP contribution in [-0.4, -0.2) is 48.3 Å². The fourth-order valence-electron chi connectivity index (χ4n) is 1.60. The fourth-order valence-corrected chi connectivity index (χ4v) is 1.60. The van der Waals surface area contributed by atoms with Crippen LogP contribution >= 0.6 is 0 Å². The van der Waals surface area contributed by atoms with Gasteiger partial charge in [-0.2, -0.15) is 0 Å². The van der Waals surface area contributed by atoms with E-state index in [1.165, 1.54) is 12.8 Å². The molecule has 0 amide bonds. The third kappa shape index (κ3) is 3.74. The van der Waals surface area contributed by atoms with Crippen molar-refractivity contribution < 1.29 is 14.6 Å². The minimum Gasteiger partial charge on any atom is -0.480 e. The molecule has 4 nitrogen and oxygen atoms in total. The summed E-state index contributed by atoms with van der Waals surface area (Å²) in [6.07, 6.45) is 2.51. The number of carboxylic acids is 1. The molecule has 1 heterocycles. The Balaban J connectivity index is 2.09. The molecule has 0 bridgehead atoms. The van der Waals surface area contributed by atoms with E-state index in [-0.39, 0.29) is 6.61 Å². The normalized spacial score (nSPS) is 20.4. The first-order valence-corrected chi connectivity index (χ1v) is 4.73. The molecule has 1 N–H and O–H groups in total. The van der Waals surface area contributed by atoms with Crippen LogP contribution in [0.4, 0.5) is 0 Å². The second-order valence-electron chi connectivity index (χ2n) is 3.50. The van der Waals surface area contributed by atoms with Gasteiger partial charge in [0.2, 0.25) is 0 Å². The molecule has 0 aromatic heterocycles. The number of ether oxygens (including phenoxy) is 1. The lowest BCUT2D eigenvalue weighted by Gasteiger charge is -2.22. The highest BCUT2D eigenvalue weighted by Gasteiger charge is 2.17. The van der Waals surface area contributed by atoms with Crippen molar-refractivity contribution in [2.75, 3.05) is 26.3 Å². The van der Waals surface area contributed by atoms with E-state index in [2.05, 4.69) is 11.8 Å². The van der Waals surface area contributed by atoms with Gasteiger partial charge in [0.1, 0.15) is 6.61 Å². The first-order chi connectivity index (χ1) is 6.20. The van der Waals surface area contributed by atoms with Crippen molar-refractivity contribution >= 4 is 5.97 Å². The van der Waals surface area contributed by atoms with Crippen molar-refractivity contribution in [1.29, 1.82) is 0 Å². The number of hydrogen-bond donors (Lipinski definition) is 1. The molecule has 0 radical (unpaired) electrons. The van der Waals surface area contributed by atoms with Crippen LogP contribution in [0.3, 0.4) is 0 Å². The summed E-state index contributed by atoms with van der Waals surface area (Å²) in [5, 5.41) is 8.35. The molecule has 1 unspecified atom stereocenters. The van der Waals surface area contributed by atoms with Crippen LogP contribution in [0.2, 0.25) is 0 Å². The zero-order valence-corrected chi connectivity index (χ0v) is 8.03. The van der Waals surface area contributed by atoms with Crippen LogP contribution < -0.4 is 0 Å². The standard InChI is InChI=1S/C9H17NO3/c1-8(6-13-7-9(11)12)10-4-2-3-5-10/h8H,2-7H2,1H3,(H,11,12). The van der Waals surface area contributed by atoms with Gasteiger partial charge in [0, 0.05) is 6.04 Å².